The Labute approximate surface area is 137 Å². The van der Waals surface area contributed by atoms with Crippen LogP contribution in [0.2, 0.25) is 0 Å². The third kappa shape index (κ3) is 5.54. The molecule has 0 saturated heterocycles. The zero-order valence-electron chi connectivity index (χ0n) is 13.6. The third-order valence-corrected chi connectivity index (χ3v) is 3.27. The van der Waals surface area contributed by atoms with Gasteiger partial charge < -0.3 is 20.7 Å². The van der Waals surface area contributed by atoms with E-state index in [1.165, 1.54) is 0 Å². The van der Waals surface area contributed by atoms with E-state index in [0.29, 0.717) is 19.7 Å². The molecule has 2 aromatic carbocycles. The number of carbonyl (C=O) groups excluding carboxylic acids is 1. The number of carbonyl (C=O) groups is 1. The van der Waals surface area contributed by atoms with Crippen LogP contribution in [0.4, 0.5) is 16.2 Å². The van der Waals surface area contributed by atoms with Crippen molar-refractivity contribution in [2.75, 3.05) is 30.3 Å². The molecule has 0 saturated carbocycles. The summed E-state index contributed by atoms with van der Waals surface area (Å²) in [6.45, 7) is 5.71. The molecular formula is C18H23N3O2. The van der Waals surface area contributed by atoms with Gasteiger partial charge >= 0.3 is 6.03 Å². The van der Waals surface area contributed by atoms with Crippen molar-refractivity contribution < 1.29 is 9.53 Å². The van der Waals surface area contributed by atoms with Crippen molar-refractivity contribution in [1.29, 1.82) is 0 Å². The summed E-state index contributed by atoms with van der Waals surface area (Å²) in [6, 6.07) is 15.3. The Morgan fingerprint density at radius 1 is 1.09 bits per heavy atom. The lowest BCUT2D eigenvalue weighted by molar-refractivity contribution is 0.252. The molecule has 0 radical (unpaired) electrons. The number of aryl methyl sites for hydroxylation is 1. The molecule has 0 fully saturated rings. The topological polar surface area (TPSA) is 62.4 Å². The van der Waals surface area contributed by atoms with E-state index in [9.17, 15) is 4.79 Å². The maximum Gasteiger partial charge on any atom is 0.319 e. The van der Waals surface area contributed by atoms with Crippen molar-refractivity contribution >= 4 is 17.4 Å². The SMILES string of the molecule is CCOc1ccc(NC(=O)NCCNc2ccccc2)c(C)c1. The number of ether oxygens (including phenoxy) is 1. The average molecular weight is 313 g/mol. The highest BCUT2D eigenvalue weighted by molar-refractivity contribution is 5.90. The van der Waals surface area contributed by atoms with Crippen LogP contribution in [0.25, 0.3) is 0 Å². The maximum absolute atomic E-state index is 11.9. The average Bonchev–Trinajstić information content (AvgIpc) is 2.55. The van der Waals surface area contributed by atoms with Gasteiger partial charge in [-0.3, -0.25) is 0 Å². The van der Waals surface area contributed by atoms with Crippen molar-refractivity contribution in [2.45, 2.75) is 13.8 Å². The van der Waals surface area contributed by atoms with Gasteiger partial charge in [-0.15, -0.1) is 0 Å². The van der Waals surface area contributed by atoms with Gasteiger partial charge in [0.15, 0.2) is 0 Å². The second kappa shape index (κ2) is 8.68. The number of rotatable bonds is 7. The van der Waals surface area contributed by atoms with Crippen molar-refractivity contribution in [1.82, 2.24) is 5.32 Å². The first kappa shape index (κ1) is 16.7. The Morgan fingerprint density at radius 2 is 1.87 bits per heavy atom. The summed E-state index contributed by atoms with van der Waals surface area (Å²) in [4.78, 5) is 11.9. The van der Waals surface area contributed by atoms with E-state index in [0.717, 1.165) is 22.7 Å². The zero-order chi connectivity index (χ0) is 16.5. The quantitative estimate of drug-likeness (QED) is 0.684. The number of hydrogen-bond acceptors (Lipinski definition) is 3. The largest absolute Gasteiger partial charge is 0.494 e. The molecule has 2 amide bonds. The molecule has 0 aliphatic rings. The predicted molar refractivity (Wildman–Crippen MR) is 94.3 cm³/mol. The first-order valence-corrected chi connectivity index (χ1v) is 7.76. The van der Waals surface area contributed by atoms with Gasteiger partial charge in [0.2, 0.25) is 0 Å². The molecule has 0 unspecified atom stereocenters. The summed E-state index contributed by atoms with van der Waals surface area (Å²) in [5, 5.41) is 8.91. The number of nitrogens with one attached hydrogen (secondary N) is 3. The third-order valence-electron chi connectivity index (χ3n) is 3.27. The van der Waals surface area contributed by atoms with Crippen molar-refractivity contribution in [3.8, 4) is 5.75 Å². The lowest BCUT2D eigenvalue weighted by Gasteiger charge is -2.12. The number of benzene rings is 2. The molecule has 5 nitrogen and oxygen atoms in total. The molecule has 0 aliphatic carbocycles. The van der Waals surface area contributed by atoms with Gasteiger partial charge in [0.1, 0.15) is 5.75 Å². The van der Waals surface area contributed by atoms with Gasteiger partial charge in [0.25, 0.3) is 0 Å². The molecule has 122 valence electrons. The summed E-state index contributed by atoms with van der Waals surface area (Å²) in [5.74, 6) is 0.808. The zero-order valence-corrected chi connectivity index (χ0v) is 13.6. The molecule has 0 atom stereocenters. The lowest BCUT2D eigenvalue weighted by atomic mass is 10.2. The second-order valence-corrected chi connectivity index (χ2v) is 5.08. The first-order chi connectivity index (χ1) is 11.2. The van der Waals surface area contributed by atoms with E-state index in [1.807, 2.05) is 62.4 Å². The Balaban J connectivity index is 1.74. The number of para-hydroxylation sites is 1. The first-order valence-electron chi connectivity index (χ1n) is 7.76. The fourth-order valence-corrected chi connectivity index (χ4v) is 2.14. The normalized spacial score (nSPS) is 10.0. The van der Waals surface area contributed by atoms with Crippen LogP contribution in [0.1, 0.15) is 12.5 Å². The minimum atomic E-state index is -0.216. The van der Waals surface area contributed by atoms with Crippen LogP contribution in [-0.2, 0) is 0 Å². The molecule has 2 rings (SSSR count). The minimum absolute atomic E-state index is 0.216. The van der Waals surface area contributed by atoms with Gasteiger partial charge in [-0.25, -0.2) is 4.79 Å². The number of urea groups is 1. The number of hydrogen-bond donors (Lipinski definition) is 3. The molecule has 5 heteroatoms. The molecule has 0 aromatic heterocycles. The lowest BCUT2D eigenvalue weighted by Crippen LogP contribution is -2.32. The van der Waals surface area contributed by atoms with Gasteiger partial charge in [-0.1, -0.05) is 18.2 Å². The molecular weight excluding hydrogens is 290 g/mol. The molecule has 0 bridgehead atoms. The fourth-order valence-electron chi connectivity index (χ4n) is 2.14. The molecule has 23 heavy (non-hydrogen) atoms. The number of anilines is 2. The summed E-state index contributed by atoms with van der Waals surface area (Å²) in [6.07, 6.45) is 0. The Hall–Kier alpha value is -2.69. The van der Waals surface area contributed by atoms with Gasteiger partial charge in [0.05, 0.1) is 6.61 Å². The highest BCUT2D eigenvalue weighted by atomic mass is 16.5. The van der Waals surface area contributed by atoms with Gasteiger partial charge in [-0.2, -0.15) is 0 Å². The van der Waals surface area contributed by atoms with E-state index < -0.39 is 0 Å². The summed E-state index contributed by atoms with van der Waals surface area (Å²) >= 11 is 0. The standard InChI is InChI=1S/C18H23N3O2/c1-3-23-16-9-10-17(14(2)13-16)21-18(22)20-12-11-19-15-7-5-4-6-8-15/h4-10,13,19H,3,11-12H2,1-2H3,(H2,20,21,22). The highest BCUT2D eigenvalue weighted by Gasteiger charge is 2.05. The summed E-state index contributed by atoms with van der Waals surface area (Å²) < 4.78 is 5.43. The Morgan fingerprint density at radius 3 is 2.57 bits per heavy atom. The van der Waals surface area contributed by atoms with Crippen LogP contribution < -0.4 is 20.7 Å². The molecule has 3 N–H and O–H groups in total. The molecule has 0 heterocycles. The van der Waals surface area contributed by atoms with E-state index in [1.54, 1.807) is 0 Å². The van der Waals surface area contributed by atoms with Crippen LogP contribution >= 0.6 is 0 Å². The van der Waals surface area contributed by atoms with Gasteiger partial charge in [-0.05, 0) is 49.7 Å². The van der Waals surface area contributed by atoms with E-state index >= 15 is 0 Å². The van der Waals surface area contributed by atoms with Crippen LogP contribution in [0.3, 0.4) is 0 Å². The smallest absolute Gasteiger partial charge is 0.319 e. The maximum atomic E-state index is 11.9. The molecule has 0 spiro atoms. The van der Waals surface area contributed by atoms with E-state index in [2.05, 4.69) is 16.0 Å². The van der Waals surface area contributed by atoms with E-state index in [4.69, 9.17) is 4.74 Å². The monoisotopic (exact) mass is 313 g/mol. The fraction of sp³-hybridized carbons (Fsp3) is 0.278. The summed E-state index contributed by atoms with van der Waals surface area (Å²) in [7, 11) is 0. The second-order valence-electron chi connectivity index (χ2n) is 5.08. The molecule has 0 aliphatic heterocycles. The van der Waals surface area contributed by atoms with E-state index in [-0.39, 0.29) is 6.03 Å². The molecule has 2 aromatic rings. The Bertz CT molecular complexity index is 629. The van der Waals surface area contributed by atoms with Crippen LogP contribution in [0, 0.1) is 6.92 Å². The predicted octanol–water partition coefficient (Wildman–Crippen LogP) is 3.63. The van der Waals surface area contributed by atoms with Crippen LogP contribution in [0.15, 0.2) is 48.5 Å². The van der Waals surface area contributed by atoms with Gasteiger partial charge in [0, 0.05) is 24.5 Å². The van der Waals surface area contributed by atoms with Crippen LogP contribution in [-0.4, -0.2) is 25.7 Å². The summed E-state index contributed by atoms with van der Waals surface area (Å²) in [5.41, 5.74) is 2.78. The minimum Gasteiger partial charge on any atom is -0.494 e. The van der Waals surface area contributed by atoms with Crippen molar-refractivity contribution in [2.24, 2.45) is 0 Å². The van der Waals surface area contributed by atoms with Crippen molar-refractivity contribution in [3.05, 3.63) is 54.1 Å². The number of amides is 2. The highest BCUT2D eigenvalue weighted by Crippen LogP contribution is 2.21. The van der Waals surface area contributed by atoms with Crippen molar-refractivity contribution in [3.63, 3.8) is 0 Å². The Kier molecular flexibility index (Phi) is 6.29. The van der Waals surface area contributed by atoms with Crippen LogP contribution in [0.5, 0.6) is 5.75 Å².